The van der Waals surface area contributed by atoms with Gasteiger partial charge in [0.15, 0.2) is 0 Å². The topological polar surface area (TPSA) is 76.7 Å². The molecule has 156 valence electrons. The number of anilines is 2. The van der Waals surface area contributed by atoms with E-state index in [2.05, 4.69) is 10.6 Å². The average molecular weight is 399 g/mol. The fourth-order valence-electron chi connectivity index (χ4n) is 2.65. The normalized spacial score (nSPS) is 10.9. The minimum absolute atomic E-state index is 0.158. The lowest BCUT2D eigenvalue weighted by atomic mass is 10.0. The summed E-state index contributed by atoms with van der Waals surface area (Å²) < 4.78 is 10.2. The predicted octanol–water partition coefficient (Wildman–Crippen LogP) is 5.46. The van der Waals surface area contributed by atoms with Gasteiger partial charge in [0.05, 0.1) is 6.61 Å². The van der Waals surface area contributed by atoms with E-state index < -0.39 is 11.7 Å². The van der Waals surface area contributed by atoms with Gasteiger partial charge in [0.1, 0.15) is 5.60 Å². The number of ether oxygens (including phenoxy) is 2. The minimum atomic E-state index is -0.529. The molecule has 2 N–H and O–H groups in total. The predicted molar refractivity (Wildman–Crippen MR) is 116 cm³/mol. The van der Waals surface area contributed by atoms with Crippen molar-refractivity contribution in [2.75, 3.05) is 23.8 Å². The zero-order valence-electron chi connectivity index (χ0n) is 17.6. The Labute approximate surface area is 172 Å². The van der Waals surface area contributed by atoms with Crippen LogP contribution in [-0.4, -0.2) is 30.8 Å². The Kier molecular flexibility index (Phi) is 8.07. The van der Waals surface area contributed by atoms with Crippen molar-refractivity contribution in [3.8, 4) is 11.1 Å². The van der Waals surface area contributed by atoms with E-state index in [0.717, 1.165) is 23.2 Å². The molecule has 0 aliphatic rings. The van der Waals surface area contributed by atoms with Crippen LogP contribution in [0.5, 0.6) is 0 Å². The summed E-state index contributed by atoms with van der Waals surface area (Å²) in [6.45, 7) is 8.43. The first kappa shape index (κ1) is 22.3. The maximum atomic E-state index is 11.8. The van der Waals surface area contributed by atoms with E-state index in [-0.39, 0.29) is 5.97 Å². The van der Waals surface area contributed by atoms with Gasteiger partial charge in [0, 0.05) is 24.3 Å². The number of amides is 1. The van der Waals surface area contributed by atoms with Crippen molar-refractivity contribution in [3.63, 3.8) is 0 Å². The Morgan fingerprint density at radius 2 is 1.45 bits per heavy atom. The van der Waals surface area contributed by atoms with E-state index in [1.165, 1.54) is 0 Å². The van der Waals surface area contributed by atoms with Gasteiger partial charge in [0.2, 0.25) is 0 Å². The Balaban J connectivity index is 1.85. The van der Waals surface area contributed by atoms with E-state index in [4.69, 9.17) is 9.47 Å². The number of hydrogen-bond donors (Lipinski definition) is 2. The molecule has 2 aromatic rings. The number of nitrogens with one attached hydrogen (secondary N) is 2. The summed E-state index contributed by atoms with van der Waals surface area (Å²) in [6.07, 6.45) is 0.679. The Bertz CT molecular complexity index is 793. The van der Waals surface area contributed by atoms with Crippen LogP contribution >= 0.6 is 0 Å². The van der Waals surface area contributed by atoms with Gasteiger partial charge in [-0.05, 0) is 69.5 Å². The van der Waals surface area contributed by atoms with E-state index in [0.29, 0.717) is 25.3 Å². The second-order valence-electron chi connectivity index (χ2n) is 7.62. The molecule has 0 atom stereocenters. The summed E-state index contributed by atoms with van der Waals surface area (Å²) in [5, 5.41) is 6.03. The smallest absolute Gasteiger partial charge is 0.412 e. The number of carbonyl (C=O) groups is 2. The minimum Gasteiger partial charge on any atom is -0.466 e. The van der Waals surface area contributed by atoms with Gasteiger partial charge < -0.3 is 14.8 Å². The van der Waals surface area contributed by atoms with E-state index in [1.807, 2.05) is 76.2 Å². The van der Waals surface area contributed by atoms with Crippen LogP contribution in [0.2, 0.25) is 0 Å². The van der Waals surface area contributed by atoms with Crippen LogP contribution in [0.25, 0.3) is 11.1 Å². The zero-order valence-corrected chi connectivity index (χ0v) is 17.6. The molecule has 6 nitrogen and oxygen atoms in total. The van der Waals surface area contributed by atoms with Crippen LogP contribution in [0.1, 0.15) is 40.5 Å². The first-order chi connectivity index (χ1) is 13.8. The van der Waals surface area contributed by atoms with Gasteiger partial charge in [-0.2, -0.15) is 0 Å². The van der Waals surface area contributed by atoms with Crippen molar-refractivity contribution in [1.82, 2.24) is 0 Å². The number of rotatable bonds is 8. The molecule has 2 rings (SSSR count). The van der Waals surface area contributed by atoms with Crippen LogP contribution in [-0.2, 0) is 14.3 Å². The summed E-state index contributed by atoms with van der Waals surface area (Å²) in [6, 6.07) is 15.7. The average Bonchev–Trinajstić information content (AvgIpc) is 2.65. The Morgan fingerprint density at radius 3 is 1.97 bits per heavy atom. The molecule has 0 fully saturated rings. The van der Waals surface area contributed by atoms with Gasteiger partial charge in [-0.25, -0.2) is 4.79 Å². The van der Waals surface area contributed by atoms with Crippen LogP contribution in [0, 0.1) is 0 Å². The fraction of sp³-hybridized carbons (Fsp3) is 0.391. The third kappa shape index (κ3) is 8.25. The van der Waals surface area contributed by atoms with Crippen molar-refractivity contribution in [2.24, 2.45) is 0 Å². The molecule has 29 heavy (non-hydrogen) atoms. The molecule has 1 amide bonds. The van der Waals surface area contributed by atoms with Gasteiger partial charge in [-0.1, -0.05) is 24.3 Å². The summed E-state index contributed by atoms with van der Waals surface area (Å²) in [5.74, 6) is -0.158. The van der Waals surface area contributed by atoms with Crippen molar-refractivity contribution >= 4 is 23.4 Å². The molecule has 0 bridgehead atoms. The third-order valence-electron chi connectivity index (χ3n) is 3.94. The molecule has 0 unspecified atom stereocenters. The van der Waals surface area contributed by atoms with Gasteiger partial charge >= 0.3 is 12.1 Å². The molecular weight excluding hydrogens is 368 g/mol. The highest BCUT2D eigenvalue weighted by atomic mass is 16.6. The quantitative estimate of drug-likeness (QED) is 0.456. The largest absolute Gasteiger partial charge is 0.466 e. The first-order valence-electron chi connectivity index (χ1n) is 9.87. The Hall–Kier alpha value is -3.02. The highest BCUT2D eigenvalue weighted by Crippen LogP contribution is 2.23. The molecular formula is C23H30N2O4. The summed E-state index contributed by atoms with van der Waals surface area (Å²) >= 11 is 0. The maximum absolute atomic E-state index is 11.8. The monoisotopic (exact) mass is 398 g/mol. The number of hydrogen-bond acceptors (Lipinski definition) is 5. The lowest BCUT2D eigenvalue weighted by Gasteiger charge is -2.19. The van der Waals surface area contributed by atoms with E-state index in [9.17, 15) is 9.59 Å². The molecule has 0 aliphatic heterocycles. The van der Waals surface area contributed by atoms with Crippen molar-refractivity contribution in [2.45, 2.75) is 46.1 Å². The number of esters is 1. The van der Waals surface area contributed by atoms with Gasteiger partial charge in [-0.15, -0.1) is 0 Å². The molecule has 0 saturated carbocycles. The molecule has 6 heteroatoms. The van der Waals surface area contributed by atoms with Gasteiger partial charge in [0.25, 0.3) is 0 Å². The Morgan fingerprint density at radius 1 is 0.897 bits per heavy atom. The maximum Gasteiger partial charge on any atom is 0.412 e. The fourth-order valence-corrected chi connectivity index (χ4v) is 2.65. The standard InChI is InChI=1S/C23H30N2O4/c1-5-28-21(26)7-6-16-24-19-12-8-17(9-13-19)18-10-14-20(15-11-18)25-22(27)29-23(2,3)4/h8-15,24H,5-7,16H2,1-4H3,(H,25,27). The van der Waals surface area contributed by atoms with Crippen molar-refractivity contribution < 1.29 is 19.1 Å². The lowest BCUT2D eigenvalue weighted by Crippen LogP contribution is -2.27. The summed E-state index contributed by atoms with van der Waals surface area (Å²) in [5.41, 5.74) is 3.28. The molecule has 0 saturated heterocycles. The second kappa shape index (κ2) is 10.5. The number of benzene rings is 2. The van der Waals surface area contributed by atoms with Crippen molar-refractivity contribution in [3.05, 3.63) is 48.5 Å². The van der Waals surface area contributed by atoms with E-state index in [1.54, 1.807) is 0 Å². The third-order valence-corrected chi connectivity index (χ3v) is 3.94. The molecule has 0 radical (unpaired) electrons. The lowest BCUT2D eigenvalue weighted by molar-refractivity contribution is -0.143. The summed E-state index contributed by atoms with van der Waals surface area (Å²) in [7, 11) is 0. The van der Waals surface area contributed by atoms with Crippen LogP contribution < -0.4 is 10.6 Å². The highest BCUT2D eigenvalue weighted by Gasteiger charge is 2.16. The van der Waals surface area contributed by atoms with Crippen LogP contribution in [0.3, 0.4) is 0 Å². The van der Waals surface area contributed by atoms with E-state index >= 15 is 0 Å². The molecule has 0 spiro atoms. The molecule has 2 aromatic carbocycles. The zero-order chi connectivity index (χ0) is 21.3. The summed E-state index contributed by atoms with van der Waals surface area (Å²) in [4.78, 5) is 23.2. The van der Waals surface area contributed by atoms with Crippen LogP contribution in [0.15, 0.2) is 48.5 Å². The molecule has 0 aromatic heterocycles. The van der Waals surface area contributed by atoms with Crippen molar-refractivity contribution in [1.29, 1.82) is 0 Å². The first-order valence-corrected chi connectivity index (χ1v) is 9.87. The number of carbonyl (C=O) groups excluding carboxylic acids is 2. The van der Waals surface area contributed by atoms with Crippen LogP contribution in [0.4, 0.5) is 16.2 Å². The molecule has 0 aliphatic carbocycles. The SMILES string of the molecule is CCOC(=O)CCCNc1ccc(-c2ccc(NC(=O)OC(C)(C)C)cc2)cc1. The highest BCUT2D eigenvalue weighted by molar-refractivity contribution is 5.85. The molecule has 0 heterocycles. The second-order valence-corrected chi connectivity index (χ2v) is 7.62. The van der Waals surface area contributed by atoms with Gasteiger partial charge in [-0.3, -0.25) is 10.1 Å².